The molecule has 7 heteroatoms. The van der Waals surface area contributed by atoms with E-state index in [-0.39, 0.29) is 18.0 Å². The molecule has 0 unspecified atom stereocenters. The second kappa shape index (κ2) is 7.26. The number of hydrogen-bond donors (Lipinski definition) is 0. The summed E-state index contributed by atoms with van der Waals surface area (Å²) in [5.74, 6) is 1.12. The van der Waals surface area contributed by atoms with Crippen molar-refractivity contribution in [3.8, 4) is 11.5 Å². The Morgan fingerprint density at radius 2 is 1.77 bits per heavy atom. The van der Waals surface area contributed by atoms with Gasteiger partial charge in [-0.3, -0.25) is 14.9 Å². The van der Waals surface area contributed by atoms with Crippen LogP contribution < -0.4 is 9.47 Å². The Labute approximate surface area is 150 Å². The summed E-state index contributed by atoms with van der Waals surface area (Å²) in [6.45, 7) is 0.343. The number of carbonyl (C=O) groups is 1. The van der Waals surface area contributed by atoms with Gasteiger partial charge < -0.3 is 14.4 Å². The number of fused-ring (bicyclic) bond motifs is 1. The van der Waals surface area contributed by atoms with Crippen LogP contribution in [0.4, 0.5) is 5.69 Å². The van der Waals surface area contributed by atoms with Crippen LogP contribution in [0.15, 0.2) is 42.6 Å². The minimum atomic E-state index is -0.446. The first kappa shape index (κ1) is 17.5. The third kappa shape index (κ3) is 3.51. The molecule has 3 rings (SSSR count). The number of benzene rings is 2. The van der Waals surface area contributed by atoms with Gasteiger partial charge in [0.2, 0.25) is 5.91 Å². The average Bonchev–Trinajstić information content (AvgIpc) is 2.79. The maximum Gasteiger partial charge on any atom is 0.269 e. The predicted octanol–water partition coefficient (Wildman–Crippen LogP) is 3.17. The molecule has 1 heterocycles. The van der Waals surface area contributed by atoms with Gasteiger partial charge in [0.25, 0.3) is 5.69 Å². The molecule has 7 nitrogen and oxygen atoms in total. The van der Waals surface area contributed by atoms with Crippen LogP contribution in [-0.2, 0) is 17.8 Å². The number of hydrogen-bond acceptors (Lipinski definition) is 5. The molecule has 0 aromatic heterocycles. The van der Waals surface area contributed by atoms with E-state index in [1.807, 2.05) is 18.2 Å². The maximum absolute atomic E-state index is 12.6. The number of rotatable bonds is 5. The maximum atomic E-state index is 12.6. The van der Waals surface area contributed by atoms with E-state index in [1.165, 1.54) is 12.1 Å². The van der Waals surface area contributed by atoms with Crippen LogP contribution in [0.1, 0.15) is 16.7 Å². The van der Waals surface area contributed by atoms with Crippen molar-refractivity contribution in [1.82, 2.24) is 4.90 Å². The summed E-state index contributed by atoms with van der Waals surface area (Å²) in [5.41, 5.74) is 2.59. The standard InChI is InChI=1S/C19H18N2O5/c1-25-17-9-14-7-8-20(19(22)11-15(14)10-18(17)26-2)12-13-3-5-16(6-4-13)21(23)24/h3-10H,11-12H2,1-2H3. The van der Waals surface area contributed by atoms with E-state index in [1.54, 1.807) is 37.5 Å². The molecule has 134 valence electrons. The number of ether oxygens (including phenoxy) is 2. The van der Waals surface area contributed by atoms with Crippen molar-refractivity contribution in [3.63, 3.8) is 0 Å². The molecule has 2 aromatic carbocycles. The third-order valence-corrected chi connectivity index (χ3v) is 4.24. The van der Waals surface area contributed by atoms with Crippen molar-refractivity contribution in [1.29, 1.82) is 0 Å². The van der Waals surface area contributed by atoms with Crippen molar-refractivity contribution in [2.45, 2.75) is 13.0 Å². The van der Waals surface area contributed by atoms with Gasteiger partial charge in [-0.25, -0.2) is 0 Å². The van der Waals surface area contributed by atoms with Gasteiger partial charge >= 0.3 is 0 Å². The summed E-state index contributed by atoms with van der Waals surface area (Å²) in [4.78, 5) is 24.5. The fourth-order valence-electron chi connectivity index (χ4n) is 2.82. The Balaban J connectivity index is 1.83. The molecule has 0 bridgehead atoms. The highest BCUT2D eigenvalue weighted by molar-refractivity contribution is 5.84. The van der Waals surface area contributed by atoms with E-state index < -0.39 is 4.92 Å². The second-order valence-corrected chi connectivity index (χ2v) is 5.84. The highest BCUT2D eigenvalue weighted by Gasteiger charge is 2.20. The molecule has 26 heavy (non-hydrogen) atoms. The predicted molar refractivity (Wildman–Crippen MR) is 95.9 cm³/mol. The second-order valence-electron chi connectivity index (χ2n) is 5.84. The Bertz CT molecular complexity index is 874. The number of amides is 1. The minimum absolute atomic E-state index is 0.0260. The van der Waals surface area contributed by atoms with Gasteiger partial charge in [-0.1, -0.05) is 12.1 Å². The fourth-order valence-corrected chi connectivity index (χ4v) is 2.82. The zero-order valence-electron chi connectivity index (χ0n) is 14.5. The number of methoxy groups -OCH3 is 2. The topological polar surface area (TPSA) is 81.9 Å². The van der Waals surface area contributed by atoms with E-state index in [0.29, 0.717) is 18.0 Å². The van der Waals surface area contributed by atoms with E-state index in [2.05, 4.69) is 0 Å². The van der Waals surface area contributed by atoms with Crippen LogP contribution in [0.3, 0.4) is 0 Å². The molecule has 2 aromatic rings. The number of nitrogens with zero attached hydrogens (tertiary/aromatic N) is 2. The molecule has 0 saturated heterocycles. The zero-order valence-corrected chi connectivity index (χ0v) is 14.5. The van der Waals surface area contributed by atoms with E-state index in [9.17, 15) is 14.9 Å². The molecule has 0 aliphatic carbocycles. The van der Waals surface area contributed by atoms with Crippen LogP contribution >= 0.6 is 0 Å². The Hall–Kier alpha value is -3.35. The molecular weight excluding hydrogens is 336 g/mol. The highest BCUT2D eigenvalue weighted by Crippen LogP contribution is 2.33. The summed E-state index contributed by atoms with van der Waals surface area (Å²) < 4.78 is 10.6. The van der Waals surface area contributed by atoms with E-state index >= 15 is 0 Å². The lowest BCUT2D eigenvalue weighted by Gasteiger charge is -2.17. The van der Waals surface area contributed by atoms with Gasteiger partial charge in [-0.05, 0) is 34.9 Å². The van der Waals surface area contributed by atoms with Crippen molar-refractivity contribution >= 4 is 17.7 Å². The molecule has 0 spiro atoms. The highest BCUT2D eigenvalue weighted by atomic mass is 16.6. The minimum Gasteiger partial charge on any atom is -0.493 e. The zero-order chi connectivity index (χ0) is 18.7. The average molecular weight is 354 g/mol. The molecule has 1 amide bonds. The van der Waals surface area contributed by atoms with Gasteiger partial charge in [-0.2, -0.15) is 0 Å². The van der Waals surface area contributed by atoms with Gasteiger partial charge in [0.15, 0.2) is 11.5 Å². The number of nitro benzene ring substituents is 1. The van der Waals surface area contributed by atoms with Gasteiger partial charge in [0.05, 0.1) is 32.1 Å². The molecule has 0 radical (unpaired) electrons. The van der Waals surface area contributed by atoms with Crippen LogP contribution in [0.2, 0.25) is 0 Å². The SMILES string of the molecule is COc1cc2c(cc1OC)CC(=O)N(Cc1ccc([N+](=O)[O-])cc1)C=C2. The van der Waals surface area contributed by atoms with Crippen molar-refractivity contribution in [3.05, 3.63) is 69.4 Å². The van der Waals surface area contributed by atoms with E-state index in [0.717, 1.165) is 16.7 Å². The van der Waals surface area contributed by atoms with Crippen LogP contribution in [0.5, 0.6) is 11.5 Å². The molecule has 1 aliphatic rings. The number of non-ortho nitro benzene ring substituents is 1. The van der Waals surface area contributed by atoms with Gasteiger partial charge in [0, 0.05) is 18.3 Å². The number of carbonyl (C=O) groups excluding carboxylic acids is 1. The first-order valence-electron chi connectivity index (χ1n) is 7.97. The number of nitro groups is 1. The lowest BCUT2D eigenvalue weighted by atomic mass is 10.0. The van der Waals surface area contributed by atoms with Crippen molar-refractivity contribution in [2.24, 2.45) is 0 Å². The molecule has 0 saturated carbocycles. The summed E-state index contributed by atoms with van der Waals surface area (Å²) in [6, 6.07) is 9.84. The van der Waals surface area contributed by atoms with Crippen LogP contribution in [0, 0.1) is 10.1 Å². The van der Waals surface area contributed by atoms with Crippen molar-refractivity contribution in [2.75, 3.05) is 14.2 Å². The summed E-state index contributed by atoms with van der Waals surface area (Å²) >= 11 is 0. The quantitative estimate of drug-likeness (QED) is 0.608. The largest absolute Gasteiger partial charge is 0.493 e. The lowest BCUT2D eigenvalue weighted by molar-refractivity contribution is -0.384. The van der Waals surface area contributed by atoms with Gasteiger partial charge in [0.1, 0.15) is 0 Å². The first-order valence-corrected chi connectivity index (χ1v) is 7.97. The van der Waals surface area contributed by atoms with Gasteiger partial charge in [-0.15, -0.1) is 0 Å². The first-order chi connectivity index (χ1) is 12.5. The molecule has 0 atom stereocenters. The molecule has 1 aliphatic heterocycles. The Morgan fingerprint density at radius 3 is 2.38 bits per heavy atom. The fraction of sp³-hybridized carbons (Fsp3) is 0.211. The van der Waals surface area contributed by atoms with Crippen LogP contribution in [-0.4, -0.2) is 29.9 Å². The Kier molecular flexibility index (Phi) is 4.88. The lowest BCUT2D eigenvalue weighted by Crippen LogP contribution is -2.25. The molecule has 0 N–H and O–H groups in total. The molecule has 0 fully saturated rings. The summed E-state index contributed by atoms with van der Waals surface area (Å²) in [6.07, 6.45) is 3.81. The van der Waals surface area contributed by atoms with Crippen LogP contribution in [0.25, 0.3) is 6.08 Å². The molecular formula is C19H18N2O5. The smallest absolute Gasteiger partial charge is 0.269 e. The monoisotopic (exact) mass is 354 g/mol. The van der Waals surface area contributed by atoms with E-state index in [4.69, 9.17) is 9.47 Å². The van der Waals surface area contributed by atoms with Crippen molar-refractivity contribution < 1.29 is 19.2 Å². The third-order valence-electron chi connectivity index (χ3n) is 4.24. The Morgan fingerprint density at radius 1 is 1.12 bits per heavy atom. The normalized spacial score (nSPS) is 13.2. The summed E-state index contributed by atoms with van der Waals surface area (Å²) in [7, 11) is 3.12. The summed E-state index contributed by atoms with van der Waals surface area (Å²) in [5, 5.41) is 10.7.